The third-order valence-corrected chi connectivity index (χ3v) is 3.63. The van der Waals surface area contributed by atoms with Crippen LogP contribution in [0.5, 0.6) is 17.4 Å². The Labute approximate surface area is 165 Å². The minimum absolute atomic E-state index is 0.108. The van der Waals surface area contributed by atoms with Crippen LogP contribution >= 0.6 is 0 Å². The van der Waals surface area contributed by atoms with Crippen LogP contribution in [-0.4, -0.2) is 45.7 Å². The summed E-state index contributed by atoms with van der Waals surface area (Å²) in [5, 5.41) is 11.9. The fourth-order valence-electron chi connectivity index (χ4n) is 2.25. The molecule has 0 atom stereocenters. The molecule has 0 saturated heterocycles. The second kappa shape index (κ2) is 12.1. The summed E-state index contributed by atoms with van der Waals surface area (Å²) in [6, 6.07) is 9.15. The van der Waals surface area contributed by atoms with Gasteiger partial charge in [0, 0.05) is 6.07 Å². The molecular formula is C20H26N4O4. The normalized spacial score (nSPS) is 9.54. The van der Waals surface area contributed by atoms with Crippen molar-refractivity contribution in [3.05, 3.63) is 41.1 Å². The minimum Gasteiger partial charge on any atom is -0.497 e. The summed E-state index contributed by atoms with van der Waals surface area (Å²) >= 11 is 0. The maximum Gasteiger partial charge on any atom is 0.234 e. The highest BCUT2D eigenvalue weighted by molar-refractivity contribution is 5.76. The van der Waals surface area contributed by atoms with Crippen molar-refractivity contribution in [2.45, 2.75) is 13.3 Å². The highest BCUT2D eigenvalue weighted by atomic mass is 16.5. The molecule has 0 radical (unpaired) electrons. The van der Waals surface area contributed by atoms with Gasteiger partial charge in [-0.15, -0.1) is 0 Å². The van der Waals surface area contributed by atoms with Crippen molar-refractivity contribution < 1.29 is 19.0 Å². The smallest absolute Gasteiger partial charge is 0.234 e. The van der Waals surface area contributed by atoms with Gasteiger partial charge in [0.15, 0.2) is 6.29 Å². The molecule has 8 nitrogen and oxygen atoms in total. The molecule has 0 bridgehead atoms. The number of nitrogens with one attached hydrogen (secondary N) is 1. The fraction of sp³-hybridized carbons (Fsp3) is 0.350. The molecule has 0 saturated carbocycles. The average Bonchev–Trinajstić information content (AvgIpc) is 2.72. The summed E-state index contributed by atoms with van der Waals surface area (Å²) in [5.41, 5.74) is 7.28. The molecule has 0 spiro atoms. The predicted molar refractivity (Wildman–Crippen MR) is 107 cm³/mol. The van der Waals surface area contributed by atoms with E-state index in [1.165, 1.54) is 11.6 Å². The van der Waals surface area contributed by atoms with Crippen molar-refractivity contribution in [1.29, 1.82) is 5.26 Å². The molecule has 8 heteroatoms. The van der Waals surface area contributed by atoms with Gasteiger partial charge >= 0.3 is 0 Å². The monoisotopic (exact) mass is 386 g/mol. The first-order chi connectivity index (χ1) is 13.5. The van der Waals surface area contributed by atoms with Crippen molar-refractivity contribution >= 4 is 12.0 Å². The molecule has 1 aromatic carbocycles. The van der Waals surface area contributed by atoms with E-state index >= 15 is 0 Å². The molecule has 1 aromatic heterocycles. The number of aromatic nitrogens is 1. The van der Waals surface area contributed by atoms with Gasteiger partial charge in [-0.25, -0.2) is 4.98 Å². The van der Waals surface area contributed by atoms with Gasteiger partial charge < -0.3 is 25.3 Å². The first-order valence-electron chi connectivity index (χ1n) is 8.68. The Morgan fingerprint density at radius 3 is 2.32 bits per heavy atom. The van der Waals surface area contributed by atoms with E-state index in [4.69, 9.17) is 25.2 Å². The Kier molecular flexibility index (Phi) is 9.86. The van der Waals surface area contributed by atoms with Crippen molar-refractivity contribution in [2.24, 2.45) is 0 Å². The lowest BCUT2D eigenvalue weighted by molar-refractivity contribution is 0.111. The van der Waals surface area contributed by atoms with Gasteiger partial charge in [-0.2, -0.15) is 5.26 Å². The van der Waals surface area contributed by atoms with Crippen LogP contribution in [0.3, 0.4) is 0 Å². The topological polar surface area (TPSA) is 119 Å². The Balaban J connectivity index is 0.000000280. The predicted octanol–water partition coefficient (Wildman–Crippen LogP) is 2.21. The summed E-state index contributed by atoms with van der Waals surface area (Å²) in [6.07, 6.45) is 1.53. The number of ether oxygens (including phenoxy) is 3. The first-order valence-corrected chi connectivity index (χ1v) is 8.68. The number of benzene rings is 1. The van der Waals surface area contributed by atoms with E-state index in [0.29, 0.717) is 12.9 Å². The molecule has 0 aliphatic heterocycles. The standard InChI is InChI=1S/C11H17NO2.C9H9N3O2/c1-12-5-4-9-6-10(13-2)8-11(7-9)14-3;1-2-14-9-7(4-10)8(11)3-6(5-13)12-9/h6-8,12H,4-5H2,1-3H3;3,5H,2H2,1H3,(H2,11,12). The summed E-state index contributed by atoms with van der Waals surface area (Å²) in [7, 11) is 5.27. The van der Waals surface area contributed by atoms with Gasteiger partial charge in [-0.05, 0) is 50.7 Å². The highest BCUT2D eigenvalue weighted by Crippen LogP contribution is 2.23. The molecule has 28 heavy (non-hydrogen) atoms. The number of hydrogen-bond donors (Lipinski definition) is 2. The molecule has 150 valence electrons. The lowest BCUT2D eigenvalue weighted by Crippen LogP contribution is -2.10. The highest BCUT2D eigenvalue weighted by Gasteiger charge is 2.10. The maximum absolute atomic E-state index is 10.5. The third-order valence-electron chi connectivity index (χ3n) is 3.63. The van der Waals surface area contributed by atoms with E-state index in [1.54, 1.807) is 21.1 Å². The third kappa shape index (κ3) is 6.78. The Morgan fingerprint density at radius 2 is 1.86 bits per heavy atom. The average molecular weight is 386 g/mol. The van der Waals surface area contributed by atoms with E-state index in [9.17, 15) is 4.79 Å². The molecular weight excluding hydrogens is 360 g/mol. The number of anilines is 1. The van der Waals surface area contributed by atoms with Gasteiger partial charge in [-0.1, -0.05) is 0 Å². The number of hydrogen-bond acceptors (Lipinski definition) is 8. The van der Waals surface area contributed by atoms with Gasteiger partial charge in [-0.3, -0.25) is 4.79 Å². The van der Waals surface area contributed by atoms with Gasteiger partial charge in [0.05, 0.1) is 26.5 Å². The van der Waals surface area contributed by atoms with Gasteiger partial charge in [0.1, 0.15) is 28.8 Å². The van der Waals surface area contributed by atoms with Gasteiger partial charge in [0.2, 0.25) is 5.88 Å². The van der Waals surface area contributed by atoms with Crippen molar-refractivity contribution in [1.82, 2.24) is 10.3 Å². The number of aldehydes is 1. The van der Waals surface area contributed by atoms with Crippen molar-refractivity contribution in [3.8, 4) is 23.4 Å². The number of pyridine rings is 1. The fourth-order valence-corrected chi connectivity index (χ4v) is 2.25. The number of carbonyl (C=O) groups excluding carboxylic acids is 1. The van der Waals surface area contributed by atoms with Crippen LogP contribution in [0.1, 0.15) is 28.5 Å². The summed E-state index contributed by atoms with van der Waals surface area (Å²) in [5.74, 6) is 1.79. The minimum atomic E-state index is 0.108. The number of carbonyl (C=O) groups is 1. The van der Waals surface area contributed by atoms with Crippen LogP contribution in [-0.2, 0) is 6.42 Å². The number of nitrogens with zero attached hydrogens (tertiary/aromatic N) is 2. The van der Waals surface area contributed by atoms with E-state index < -0.39 is 0 Å². The number of nitriles is 1. The number of nitrogens with two attached hydrogens (primary N) is 1. The quantitative estimate of drug-likeness (QED) is 0.663. The second-order valence-electron chi connectivity index (χ2n) is 5.55. The Hall–Kier alpha value is -3.31. The van der Waals surface area contributed by atoms with Gasteiger partial charge in [0.25, 0.3) is 0 Å². The first kappa shape index (κ1) is 22.7. The number of nitrogen functional groups attached to an aromatic ring is 1. The molecule has 3 N–H and O–H groups in total. The Bertz CT molecular complexity index is 796. The molecule has 2 rings (SSSR count). The van der Waals surface area contributed by atoms with Crippen LogP contribution < -0.4 is 25.3 Å². The summed E-state index contributed by atoms with van der Waals surface area (Å²) < 4.78 is 15.4. The Morgan fingerprint density at radius 1 is 1.21 bits per heavy atom. The lowest BCUT2D eigenvalue weighted by atomic mass is 10.1. The maximum atomic E-state index is 10.5. The molecule has 0 aliphatic carbocycles. The van der Waals surface area contributed by atoms with E-state index in [-0.39, 0.29) is 22.8 Å². The summed E-state index contributed by atoms with van der Waals surface area (Å²) in [6.45, 7) is 3.08. The van der Waals surface area contributed by atoms with Crippen LogP contribution in [0.15, 0.2) is 24.3 Å². The van der Waals surface area contributed by atoms with Crippen LogP contribution in [0, 0.1) is 11.3 Å². The zero-order valence-electron chi connectivity index (χ0n) is 16.6. The molecule has 0 unspecified atom stereocenters. The van der Waals surface area contributed by atoms with E-state index in [0.717, 1.165) is 24.5 Å². The molecule has 1 heterocycles. The van der Waals surface area contributed by atoms with E-state index in [2.05, 4.69) is 10.3 Å². The number of likely N-dealkylation sites (N-methyl/N-ethyl adjacent to an activating group) is 1. The molecule has 2 aromatic rings. The summed E-state index contributed by atoms with van der Waals surface area (Å²) in [4.78, 5) is 14.3. The number of rotatable bonds is 8. The van der Waals surface area contributed by atoms with E-state index in [1.807, 2.05) is 31.3 Å². The van der Waals surface area contributed by atoms with Crippen molar-refractivity contribution in [3.63, 3.8) is 0 Å². The number of methoxy groups -OCH3 is 2. The lowest BCUT2D eigenvalue weighted by Gasteiger charge is -2.07. The van der Waals surface area contributed by atoms with Crippen LogP contribution in [0.25, 0.3) is 0 Å². The van der Waals surface area contributed by atoms with Crippen LogP contribution in [0.4, 0.5) is 5.69 Å². The largest absolute Gasteiger partial charge is 0.497 e. The van der Waals surface area contributed by atoms with Crippen LogP contribution in [0.2, 0.25) is 0 Å². The molecule has 0 aliphatic rings. The second-order valence-corrected chi connectivity index (χ2v) is 5.55. The zero-order chi connectivity index (χ0) is 20.9. The zero-order valence-corrected chi connectivity index (χ0v) is 16.6. The van der Waals surface area contributed by atoms with Crippen molar-refractivity contribution in [2.75, 3.05) is 40.2 Å². The molecule has 0 fully saturated rings. The molecule has 0 amide bonds. The SMILES string of the molecule is CCOc1nc(C=O)cc(N)c1C#N.CNCCc1cc(OC)cc(OC)c1.